The van der Waals surface area contributed by atoms with Crippen molar-refractivity contribution in [3.63, 3.8) is 0 Å². The maximum Gasteiger partial charge on any atom is 0.331 e. The number of fused-ring (bicyclic) bond motifs is 2. The Morgan fingerprint density at radius 3 is 2.21 bits per heavy atom. The molecule has 2 saturated heterocycles. The lowest BCUT2D eigenvalue weighted by molar-refractivity contribution is -0.172. The topological polar surface area (TPSA) is 90.0 Å². The van der Waals surface area contributed by atoms with Gasteiger partial charge in [-0.25, -0.2) is 13.2 Å². The number of amides is 1. The molecule has 0 aromatic heterocycles. The summed E-state index contributed by atoms with van der Waals surface area (Å²) in [5.74, 6) is -1.10. The van der Waals surface area contributed by atoms with Gasteiger partial charge in [-0.2, -0.15) is 0 Å². The van der Waals surface area contributed by atoms with E-state index in [2.05, 4.69) is 6.58 Å². The van der Waals surface area contributed by atoms with Crippen LogP contribution in [-0.4, -0.2) is 54.1 Å². The van der Waals surface area contributed by atoms with Gasteiger partial charge in [-0.05, 0) is 31.4 Å². The van der Waals surface area contributed by atoms with E-state index in [1.165, 1.54) is 18.7 Å². The Balaban J connectivity index is 1.47. The van der Waals surface area contributed by atoms with Crippen molar-refractivity contribution in [2.24, 2.45) is 5.41 Å². The van der Waals surface area contributed by atoms with Crippen LogP contribution in [0.15, 0.2) is 73.3 Å². The van der Waals surface area contributed by atoms with Gasteiger partial charge in [0.25, 0.3) is 0 Å². The number of sulfone groups is 1. The van der Waals surface area contributed by atoms with Gasteiger partial charge >= 0.3 is 5.97 Å². The molecule has 0 N–H and O–H groups in total. The third-order valence-corrected chi connectivity index (χ3v) is 10.2. The highest BCUT2D eigenvalue weighted by atomic mass is 32.2. The number of rotatable bonds is 7. The molecule has 7 nitrogen and oxygen atoms in total. The second-order valence-electron chi connectivity index (χ2n) is 9.61. The molecule has 4 atom stereocenters. The fraction of sp³-hybridized carbons (Fsp3) is 0.385. The maximum atomic E-state index is 13.6. The molecule has 2 aromatic rings. The lowest BCUT2D eigenvalue weighted by Crippen LogP contribution is -2.66. The van der Waals surface area contributed by atoms with Crippen molar-refractivity contribution in [1.29, 1.82) is 0 Å². The van der Waals surface area contributed by atoms with Crippen molar-refractivity contribution in [1.82, 2.24) is 4.90 Å². The van der Waals surface area contributed by atoms with E-state index in [1.807, 2.05) is 60.7 Å². The highest BCUT2D eigenvalue weighted by molar-refractivity contribution is 7.94. The number of esters is 1. The molecular weight excluding hydrogens is 454 g/mol. The number of β-lactam (4-membered cyclic amide) rings is 1. The zero-order valence-corrected chi connectivity index (χ0v) is 19.9. The fourth-order valence-electron chi connectivity index (χ4n) is 5.38. The van der Waals surface area contributed by atoms with Crippen molar-refractivity contribution in [2.75, 3.05) is 6.61 Å². The molecule has 0 radical (unpaired) electrons. The summed E-state index contributed by atoms with van der Waals surface area (Å²) in [6.45, 7) is 6.83. The normalized spacial score (nSPS) is 30.0. The maximum absolute atomic E-state index is 13.6. The van der Waals surface area contributed by atoms with Crippen LogP contribution in [0.4, 0.5) is 0 Å². The van der Waals surface area contributed by atoms with Gasteiger partial charge in [-0.3, -0.25) is 4.79 Å². The van der Waals surface area contributed by atoms with Crippen LogP contribution in [0, 0.1) is 5.41 Å². The SMILES string of the molecule is C=CCOC1C[C@]12C(=O)N1[C@@H](C(=O)OC(c3ccccc3)c3ccccc3)C(C)(C)S(=O)(=O)[C@@H]12. The number of ether oxygens (including phenoxy) is 2. The monoisotopic (exact) mass is 481 g/mol. The Kier molecular flexibility index (Phi) is 5.22. The quantitative estimate of drug-likeness (QED) is 0.343. The summed E-state index contributed by atoms with van der Waals surface area (Å²) in [5, 5.41) is -1.08. The predicted molar refractivity (Wildman–Crippen MR) is 125 cm³/mol. The molecule has 2 aliphatic heterocycles. The van der Waals surface area contributed by atoms with E-state index in [9.17, 15) is 18.0 Å². The number of hydrogen-bond donors (Lipinski definition) is 0. The Morgan fingerprint density at radius 1 is 1.12 bits per heavy atom. The first-order valence-electron chi connectivity index (χ1n) is 11.3. The third-order valence-electron chi connectivity index (χ3n) is 7.30. The average molecular weight is 482 g/mol. The van der Waals surface area contributed by atoms with Crippen molar-refractivity contribution >= 4 is 21.7 Å². The molecule has 3 aliphatic rings. The van der Waals surface area contributed by atoms with Crippen molar-refractivity contribution in [3.05, 3.63) is 84.4 Å². The molecule has 0 bridgehead atoms. The number of carbonyl (C=O) groups excluding carboxylic acids is 2. The van der Waals surface area contributed by atoms with Crippen molar-refractivity contribution in [3.8, 4) is 0 Å². The van der Waals surface area contributed by atoms with Crippen LogP contribution >= 0.6 is 0 Å². The van der Waals surface area contributed by atoms with Crippen LogP contribution in [0.25, 0.3) is 0 Å². The second-order valence-corrected chi connectivity index (χ2v) is 12.2. The minimum Gasteiger partial charge on any atom is -0.451 e. The van der Waals surface area contributed by atoms with Gasteiger partial charge in [0, 0.05) is 0 Å². The Morgan fingerprint density at radius 2 is 1.68 bits per heavy atom. The van der Waals surface area contributed by atoms with Gasteiger partial charge in [0.1, 0.15) is 11.5 Å². The zero-order valence-electron chi connectivity index (χ0n) is 19.1. The Bertz CT molecular complexity index is 1200. The molecule has 34 heavy (non-hydrogen) atoms. The van der Waals surface area contributed by atoms with E-state index in [0.29, 0.717) is 6.42 Å². The molecule has 2 aromatic carbocycles. The van der Waals surface area contributed by atoms with Crippen molar-refractivity contribution < 1.29 is 27.5 Å². The van der Waals surface area contributed by atoms with E-state index in [0.717, 1.165) is 11.1 Å². The summed E-state index contributed by atoms with van der Waals surface area (Å²) < 4.78 is 37.2. The molecule has 178 valence electrons. The minimum atomic E-state index is -3.86. The highest BCUT2D eigenvalue weighted by Crippen LogP contribution is 2.67. The summed E-state index contributed by atoms with van der Waals surface area (Å²) in [7, 11) is -3.86. The van der Waals surface area contributed by atoms with E-state index in [4.69, 9.17) is 9.47 Å². The molecule has 3 fully saturated rings. The van der Waals surface area contributed by atoms with Gasteiger partial charge < -0.3 is 14.4 Å². The van der Waals surface area contributed by atoms with Gasteiger partial charge in [0.15, 0.2) is 21.3 Å². The summed E-state index contributed by atoms with van der Waals surface area (Å²) in [6.07, 6.45) is 0.672. The van der Waals surface area contributed by atoms with Crippen LogP contribution in [0.5, 0.6) is 0 Å². The van der Waals surface area contributed by atoms with Crippen LogP contribution < -0.4 is 0 Å². The van der Waals surface area contributed by atoms with Gasteiger partial charge in [0.2, 0.25) is 5.91 Å². The van der Waals surface area contributed by atoms with Crippen LogP contribution in [-0.2, 0) is 28.9 Å². The van der Waals surface area contributed by atoms with Crippen LogP contribution in [0.2, 0.25) is 0 Å². The lowest BCUT2D eigenvalue weighted by Gasteiger charge is -2.44. The molecule has 5 rings (SSSR count). The summed E-state index contributed by atoms with van der Waals surface area (Å²) in [4.78, 5) is 28.1. The summed E-state index contributed by atoms with van der Waals surface area (Å²) in [5.41, 5.74) is 0.402. The number of hydrogen-bond acceptors (Lipinski definition) is 6. The summed E-state index contributed by atoms with van der Waals surface area (Å²) >= 11 is 0. The molecule has 1 aliphatic carbocycles. The van der Waals surface area contributed by atoms with Gasteiger partial charge in [-0.15, -0.1) is 6.58 Å². The number of carbonyl (C=O) groups is 2. The molecule has 1 saturated carbocycles. The largest absolute Gasteiger partial charge is 0.451 e. The fourth-order valence-corrected chi connectivity index (χ4v) is 7.89. The Hall–Kier alpha value is -2.97. The summed E-state index contributed by atoms with van der Waals surface area (Å²) in [6, 6.07) is 17.3. The van der Waals surface area contributed by atoms with E-state index < -0.39 is 49.6 Å². The van der Waals surface area contributed by atoms with Gasteiger partial charge in [-0.1, -0.05) is 66.7 Å². The van der Waals surface area contributed by atoms with E-state index in [1.54, 1.807) is 6.08 Å². The number of benzene rings is 2. The molecule has 1 amide bonds. The Labute approximate surface area is 199 Å². The van der Waals surface area contributed by atoms with Gasteiger partial charge in [0.05, 0.1) is 17.5 Å². The zero-order chi connectivity index (χ0) is 24.3. The molecule has 1 spiro atoms. The lowest BCUT2D eigenvalue weighted by atomic mass is 9.88. The molecule has 1 unspecified atom stereocenters. The first kappa shape index (κ1) is 22.8. The van der Waals surface area contributed by atoms with E-state index >= 15 is 0 Å². The highest BCUT2D eigenvalue weighted by Gasteiger charge is 2.86. The molecule has 2 heterocycles. The smallest absolute Gasteiger partial charge is 0.331 e. The molecular formula is C26H27NO6S. The number of nitrogens with zero attached hydrogens (tertiary/aromatic N) is 1. The standard InChI is InChI=1S/C26H27NO6S/c1-4-15-32-19-16-26(19)23(29)27-21(25(2,3)34(30,31)24(26)27)22(28)33-20(17-11-7-5-8-12-17)18-13-9-6-10-14-18/h4-14,19-21,24H,1,15-16H2,2-3H3/t19?,21-,24+,26+/m0/s1. The van der Waals surface area contributed by atoms with Crippen LogP contribution in [0.1, 0.15) is 37.5 Å². The first-order chi connectivity index (χ1) is 16.2. The van der Waals surface area contributed by atoms with Crippen LogP contribution in [0.3, 0.4) is 0 Å². The third kappa shape index (κ3) is 3.01. The molecule has 8 heteroatoms. The average Bonchev–Trinajstić information content (AvgIpc) is 3.54. The first-order valence-corrected chi connectivity index (χ1v) is 12.8. The predicted octanol–water partition coefficient (Wildman–Crippen LogP) is 3.02. The van der Waals surface area contributed by atoms with Crippen molar-refractivity contribution in [2.45, 2.75) is 48.6 Å². The van der Waals surface area contributed by atoms with E-state index in [-0.39, 0.29) is 12.5 Å². The second kappa shape index (κ2) is 7.78. The minimum absolute atomic E-state index is 0.233.